The standard InChI is InChI=1S/C72H140O17P2/c1-7-10-12-14-16-17-18-19-20-21-22-23-24-25-26-27-28-33-37-44-50-56-71(76)88-67(61-83-70(75)55-49-43-36-32-30-29-31-35-41-47-53-65(6)9-3)62-86-90(78,79)84-58-66(73)59-85-91(80,81)87-63-68(60-82-69(74)54-48-42-34-15-13-11-8-2)89-72(77)57-51-45-39-38-40-46-52-64(4)5/h64-68,73H,7-63H2,1-6H3,(H,78,79)(H,80,81)/t65?,66-,67-,68-/m1/s1. The van der Waals surface area contributed by atoms with E-state index in [0.29, 0.717) is 31.6 Å². The maximum Gasteiger partial charge on any atom is 0.472 e. The van der Waals surface area contributed by atoms with Crippen LogP contribution in [-0.2, 0) is 65.4 Å². The molecule has 6 atom stereocenters. The van der Waals surface area contributed by atoms with Gasteiger partial charge in [0.05, 0.1) is 26.4 Å². The van der Waals surface area contributed by atoms with Gasteiger partial charge < -0.3 is 33.8 Å². The van der Waals surface area contributed by atoms with Crippen molar-refractivity contribution in [2.45, 2.75) is 387 Å². The van der Waals surface area contributed by atoms with E-state index in [1.54, 1.807) is 0 Å². The number of hydrogen-bond acceptors (Lipinski definition) is 15. The highest BCUT2D eigenvalue weighted by Crippen LogP contribution is 2.45. The van der Waals surface area contributed by atoms with Gasteiger partial charge in [0.25, 0.3) is 0 Å². The fourth-order valence-corrected chi connectivity index (χ4v) is 12.5. The van der Waals surface area contributed by atoms with Crippen LogP contribution in [0.1, 0.15) is 369 Å². The van der Waals surface area contributed by atoms with Crippen molar-refractivity contribution in [1.29, 1.82) is 0 Å². The zero-order valence-electron chi connectivity index (χ0n) is 59.1. The number of aliphatic hydroxyl groups is 1. The number of carbonyl (C=O) groups is 4. The summed E-state index contributed by atoms with van der Waals surface area (Å²) in [5.41, 5.74) is 0. The molecule has 0 rings (SSSR count). The highest BCUT2D eigenvalue weighted by atomic mass is 31.2. The van der Waals surface area contributed by atoms with Gasteiger partial charge in [-0.25, -0.2) is 9.13 Å². The number of aliphatic hydroxyl groups excluding tert-OH is 1. The van der Waals surface area contributed by atoms with Crippen molar-refractivity contribution in [3.63, 3.8) is 0 Å². The maximum atomic E-state index is 13.1. The Morgan fingerprint density at radius 2 is 0.560 bits per heavy atom. The molecular weight excluding hydrogens is 1200 g/mol. The molecular formula is C72H140O17P2. The monoisotopic (exact) mass is 1340 g/mol. The third kappa shape index (κ3) is 65.1. The molecule has 0 aliphatic carbocycles. The summed E-state index contributed by atoms with van der Waals surface area (Å²) in [5.74, 6) is -0.653. The number of carbonyl (C=O) groups excluding carboxylic acids is 4. The second-order valence-electron chi connectivity index (χ2n) is 26.7. The molecule has 0 spiro atoms. The molecule has 0 heterocycles. The quantitative estimate of drug-likeness (QED) is 0.0222. The average molecular weight is 1340 g/mol. The van der Waals surface area contributed by atoms with E-state index in [2.05, 4.69) is 41.5 Å². The van der Waals surface area contributed by atoms with E-state index in [4.69, 9.17) is 37.0 Å². The summed E-state index contributed by atoms with van der Waals surface area (Å²) < 4.78 is 68.2. The van der Waals surface area contributed by atoms with E-state index in [-0.39, 0.29) is 25.7 Å². The first-order valence-corrected chi connectivity index (χ1v) is 40.5. The Bertz CT molecular complexity index is 1770. The van der Waals surface area contributed by atoms with Crippen LogP contribution in [0.4, 0.5) is 0 Å². The van der Waals surface area contributed by atoms with Gasteiger partial charge in [0, 0.05) is 25.7 Å². The molecule has 0 aliphatic heterocycles. The normalized spacial score (nSPS) is 14.4. The first-order valence-electron chi connectivity index (χ1n) is 37.5. The number of phosphoric ester groups is 2. The Morgan fingerprint density at radius 1 is 0.319 bits per heavy atom. The maximum absolute atomic E-state index is 13.1. The molecule has 91 heavy (non-hydrogen) atoms. The van der Waals surface area contributed by atoms with Crippen LogP contribution in [0.5, 0.6) is 0 Å². The predicted octanol–water partition coefficient (Wildman–Crippen LogP) is 20.8. The molecule has 0 amide bonds. The smallest absolute Gasteiger partial charge is 0.462 e. The lowest BCUT2D eigenvalue weighted by Crippen LogP contribution is -2.30. The lowest BCUT2D eigenvalue weighted by Gasteiger charge is -2.21. The number of rotatable bonds is 71. The summed E-state index contributed by atoms with van der Waals surface area (Å²) in [4.78, 5) is 72.4. The fourth-order valence-electron chi connectivity index (χ4n) is 10.9. The van der Waals surface area contributed by atoms with Crippen molar-refractivity contribution in [3.05, 3.63) is 0 Å². The summed E-state index contributed by atoms with van der Waals surface area (Å²) in [7, 11) is -9.90. The van der Waals surface area contributed by atoms with Crippen molar-refractivity contribution >= 4 is 39.5 Å². The van der Waals surface area contributed by atoms with Gasteiger partial charge in [-0.15, -0.1) is 0 Å². The molecule has 0 aromatic carbocycles. The Morgan fingerprint density at radius 3 is 0.835 bits per heavy atom. The molecule has 0 saturated heterocycles. The zero-order valence-corrected chi connectivity index (χ0v) is 60.9. The van der Waals surface area contributed by atoms with Gasteiger partial charge in [-0.3, -0.25) is 37.3 Å². The van der Waals surface area contributed by atoms with E-state index in [0.717, 1.165) is 109 Å². The molecule has 0 fully saturated rings. The predicted molar refractivity (Wildman–Crippen MR) is 368 cm³/mol. The van der Waals surface area contributed by atoms with Crippen LogP contribution in [0.15, 0.2) is 0 Å². The molecule has 3 N–H and O–H groups in total. The second kappa shape index (κ2) is 64.1. The summed E-state index contributed by atoms with van der Waals surface area (Å²) >= 11 is 0. The first-order chi connectivity index (χ1) is 43.9. The topological polar surface area (TPSA) is 237 Å². The summed E-state index contributed by atoms with van der Waals surface area (Å²) in [5, 5.41) is 10.6. The number of ether oxygens (including phenoxy) is 4. The van der Waals surface area contributed by atoms with Crippen molar-refractivity contribution in [1.82, 2.24) is 0 Å². The van der Waals surface area contributed by atoms with Crippen molar-refractivity contribution < 1.29 is 80.2 Å². The third-order valence-corrected chi connectivity index (χ3v) is 19.0. The van der Waals surface area contributed by atoms with Crippen molar-refractivity contribution in [3.8, 4) is 0 Å². The van der Waals surface area contributed by atoms with E-state index in [1.807, 2.05) is 0 Å². The lowest BCUT2D eigenvalue weighted by molar-refractivity contribution is -0.161. The van der Waals surface area contributed by atoms with E-state index in [9.17, 15) is 43.2 Å². The van der Waals surface area contributed by atoms with Crippen LogP contribution in [0.2, 0.25) is 0 Å². The largest absolute Gasteiger partial charge is 0.472 e. The first kappa shape index (κ1) is 89.1. The number of phosphoric acid groups is 2. The number of hydrogen-bond donors (Lipinski definition) is 3. The Hall–Kier alpha value is -1.94. The van der Waals surface area contributed by atoms with Gasteiger partial charge >= 0.3 is 39.5 Å². The van der Waals surface area contributed by atoms with Gasteiger partial charge in [-0.2, -0.15) is 0 Å². The van der Waals surface area contributed by atoms with Gasteiger partial charge in [-0.05, 0) is 37.5 Å². The van der Waals surface area contributed by atoms with Crippen LogP contribution in [0.25, 0.3) is 0 Å². The molecule has 0 bridgehead atoms. The minimum atomic E-state index is -4.95. The second-order valence-corrected chi connectivity index (χ2v) is 29.6. The van der Waals surface area contributed by atoms with Crippen LogP contribution in [0, 0.1) is 11.8 Å². The Labute approximate surface area is 556 Å². The average Bonchev–Trinajstić information content (AvgIpc) is 3.70. The third-order valence-electron chi connectivity index (χ3n) is 17.1. The highest BCUT2D eigenvalue weighted by Gasteiger charge is 2.30. The molecule has 540 valence electrons. The van der Waals surface area contributed by atoms with Crippen molar-refractivity contribution in [2.24, 2.45) is 11.8 Å². The molecule has 17 nitrogen and oxygen atoms in total. The van der Waals surface area contributed by atoms with Gasteiger partial charge in [-0.1, -0.05) is 318 Å². The van der Waals surface area contributed by atoms with E-state index < -0.39 is 97.5 Å². The molecule has 3 unspecified atom stereocenters. The van der Waals surface area contributed by atoms with Crippen LogP contribution in [-0.4, -0.2) is 96.7 Å². The Balaban J connectivity index is 5.15. The zero-order chi connectivity index (χ0) is 67.2. The minimum Gasteiger partial charge on any atom is -0.462 e. The fraction of sp³-hybridized carbons (Fsp3) is 0.944. The SMILES string of the molecule is CCCCCCCCCCCCCCCCCCCCCCCC(=O)O[C@H](COC(=O)CCCCCCCCCCCCC(C)CC)COP(=O)(O)OC[C@@H](O)COP(=O)(O)OC[C@@H](COC(=O)CCCCCCCCC)OC(=O)CCCCCCCCC(C)C. The summed E-state index contributed by atoms with van der Waals surface area (Å²) in [6, 6.07) is 0. The molecule has 0 saturated carbocycles. The van der Waals surface area contributed by atoms with Gasteiger partial charge in [0.15, 0.2) is 12.2 Å². The number of unbranched alkanes of at least 4 members (excludes halogenated alkanes) is 40. The van der Waals surface area contributed by atoms with Crippen molar-refractivity contribution in [2.75, 3.05) is 39.6 Å². The number of esters is 4. The summed E-state index contributed by atoms with van der Waals surface area (Å²) in [6.45, 7) is 9.45. The molecule has 0 aliphatic rings. The minimum absolute atomic E-state index is 0.102. The van der Waals surface area contributed by atoms with Crippen LogP contribution < -0.4 is 0 Å². The molecule has 19 heteroatoms. The van der Waals surface area contributed by atoms with Crippen LogP contribution >= 0.6 is 15.6 Å². The van der Waals surface area contributed by atoms with E-state index >= 15 is 0 Å². The molecule has 0 radical (unpaired) electrons. The summed E-state index contributed by atoms with van der Waals surface area (Å²) in [6.07, 6.45) is 50.4. The molecule has 0 aromatic rings. The van der Waals surface area contributed by atoms with Gasteiger partial charge in [0.2, 0.25) is 0 Å². The van der Waals surface area contributed by atoms with E-state index in [1.165, 1.54) is 173 Å². The lowest BCUT2D eigenvalue weighted by atomic mass is 9.99. The Kier molecular flexibility index (Phi) is 62.7. The molecule has 0 aromatic heterocycles. The van der Waals surface area contributed by atoms with Gasteiger partial charge in [0.1, 0.15) is 19.3 Å². The highest BCUT2D eigenvalue weighted by molar-refractivity contribution is 7.47. The van der Waals surface area contributed by atoms with Crippen LogP contribution in [0.3, 0.4) is 0 Å².